The zero-order valence-corrected chi connectivity index (χ0v) is 12.3. The number of aryl methyl sites for hydroxylation is 1. The molecule has 0 fully saturated rings. The van der Waals surface area contributed by atoms with Crippen LogP contribution in [0.2, 0.25) is 0 Å². The summed E-state index contributed by atoms with van der Waals surface area (Å²) in [4.78, 5) is 0. The predicted molar refractivity (Wildman–Crippen MR) is 81.7 cm³/mol. The first-order valence-electron chi connectivity index (χ1n) is 6.90. The molecule has 1 aliphatic rings. The third kappa shape index (κ3) is 3.43. The zero-order chi connectivity index (χ0) is 14.7. The van der Waals surface area contributed by atoms with E-state index in [4.69, 9.17) is 4.74 Å². The van der Waals surface area contributed by atoms with Crippen molar-refractivity contribution < 1.29 is 13.2 Å². The lowest BCUT2D eigenvalue weighted by Crippen LogP contribution is -2.32. The molecule has 0 aliphatic carbocycles. The Morgan fingerprint density at radius 2 is 1.76 bits per heavy atom. The summed E-state index contributed by atoms with van der Waals surface area (Å²) in [6, 6.07) is 16.8. The van der Waals surface area contributed by atoms with E-state index in [9.17, 15) is 8.42 Å². The molecule has 0 spiro atoms. The van der Waals surface area contributed by atoms with Crippen molar-refractivity contribution in [2.75, 3.05) is 12.4 Å². The van der Waals surface area contributed by atoms with Gasteiger partial charge in [-0.25, -0.2) is 13.1 Å². The van der Waals surface area contributed by atoms with Gasteiger partial charge in [0.1, 0.15) is 12.4 Å². The molecule has 110 valence electrons. The van der Waals surface area contributed by atoms with Gasteiger partial charge in [0.2, 0.25) is 10.0 Å². The highest BCUT2D eigenvalue weighted by Crippen LogP contribution is 2.32. The van der Waals surface area contributed by atoms with Crippen LogP contribution in [-0.4, -0.2) is 20.8 Å². The maximum Gasteiger partial charge on any atom is 0.212 e. The Bertz CT molecular complexity index is 713. The molecular formula is C16H17NO3S. The average molecular weight is 303 g/mol. The lowest BCUT2D eigenvalue weighted by molar-refractivity contribution is 0.325. The quantitative estimate of drug-likeness (QED) is 0.922. The van der Waals surface area contributed by atoms with Crippen molar-refractivity contribution in [3.05, 3.63) is 65.7 Å². The van der Waals surface area contributed by atoms with Crippen LogP contribution in [0.5, 0.6) is 5.75 Å². The highest BCUT2D eigenvalue weighted by Gasteiger charge is 2.27. The highest BCUT2D eigenvalue weighted by molar-refractivity contribution is 7.89. The summed E-state index contributed by atoms with van der Waals surface area (Å²) >= 11 is 0. The molecule has 0 saturated heterocycles. The smallest absolute Gasteiger partial charge is 0.212 e. The number of fused-ring (bicyclic) bond motifs is 1. The van der Waals surface area contributed by atoms with E-state index in [1.807, 2.05) is 54.6 Å². The summed E-state index contributed by atoms with van der Waals surface area (Å²) in [6.07, 6.45) is 0.505. The second-order valence-electron chi connectivity index (χ2n) is 5.07. The van der Waals surface area contributed by atoms with Crippen LogP contribution < -0.4 is 9.46 Å². The van der Waals surface area contributed by atoms with Gasteiger partial charge in [-0.2, -0.15) is 0 Å². The van der Waals surface area contributed by atoms with Gasteiger partial charge >= 0.3 is 0 Å². The van der Waals surface area contributed by atoms with Crippen LogP contribution in [0, 0.1) is 0 Å². The molecule has 1 N–H and O–H groups in total. The summed E-state index contributed by atoms with van der Waals surface area (Å²) in [5.74, 6) is 0.837. The number of para-hydroxylation sites is 1. The third-order valence-corrected chi connectivity index (χ3v) is 4.91. The van der Waals surface area contributed by atoms with Gasteiger partial charge in [0, 0.05) is 5.56 Å². The Hall–Kier alpha value is -1.85. The van der Waals surface area contributed by atoms with E-state index in [1.54, 1.807) is 0 Å². The molecular weight excluding hydrogens is 286 g/mol. The average Bonchev–Trinajstić information content (AvgIpc) is 2.89. The lowest BCUT2D eigenvalue weighted by Gasteiger charge is -2.12. The van der Waals surface area contributed by atoms with Crippen LogP contribution in [0.25, 0.3) is 0 Å². The van der Waals surface area contributed by atoms with Crippen LogP contribution >= 0.6 is 0 Å². The Morgan fingerprint density at radius 3 is 2.57 bits per heavy atom. The molecule has 4 nitrogen and oxygen atoms in total. The Kier molecular flexibility index (Phi) is 3.94. The van der Waals surface area contributed by atoms with Gasteiger partial charge in [0.05, 0.1) is 11.8 Å². The zero-order valence-electron chi connectivity index (χ0n) is 11.5. The van der Waals surface area contributed by atoms with Gasteiger partial charge in [0.25, 0.3) is 0 Å². The van der Waals surface area contributed by atoms with Crippen LogP contribution in [-0.2, 0) is 16.4 Å². The van der Waals surface area contributed by atoms with Crippen LogP contribution in [0.15, 0.2) is 54.6 Å². The van der Waals surface area contributed by atoms with Gasteiger partial charge in [-0.15, -0.1) is 0 Å². The molecule has 21 heavy (non-hydrogen) atoms. The number of ether oxygens (including phenoxy) is 1. The molecule has 0 radical (unpaired) electrons. The maximum atomic E-state index is 12.2. The van der Waals surface area contributed by atoms with Gasteiger partial charge < -0.3 is 4.74 Å². The van der Waals surface area contributed by atoms with Crippen molar-refractivity contribution in [3.8, 4) is 5.75 Å². The predicted octanol–water partition coefficient (Wildman–Crippen LogP) is 2.28. The largest absolute Gasteiger partial charge is 0.491 e. The Morgan fingerprint density at radius 1 is 1.05 bits per heavy atom. The molecule has 1 atom stereocenters. The second-order valence-corrected chi connectivity index (χ2v) is 6.95. The summed E-state index contributed by atoms with van der Waals surface area (Å²) in [5, 5.41) is 0. The molecule has 0 bridgehead atoms. The van der Waals surface area contributed by atoms with Crippen LogP contribution in [0.4, 0.5) is 0 Å². The van der Waals surface area contributed by atoms with E-state index in [-0.39, 0.29) is 11.8 Å². The summed E-state index contributed by atoms with van der Waals surface area (Å²) in [7, 11) is -3.34. The van der Waals surface area contributed by atoms with E-state index < -0.39 is 10.0 Å². The van der Waals surface area contributed by atoms with E-state index >= 15 is 0 Å². The van der Waals surface area contributed by atoms with Gasteiger partial charge in [-0.05, 0) is 18.1 Å². The van der Waals surface area contributed by atoms with E-state index in [0.29, 0.717) is 13.0 Å². The molecule has 1 heterocycles. The fraction of sp³-hybridized carbons (Fsp3) is 0.250. The van der Waals surface area contributed by atoms with Crippen molar-refractivity contribution >= 4 is 10.0 Å². The number of hydrogen-bond donors (Lipinski definition) is 1. The molecule has 0 aromatic heterocycles. The number of hydrogen-bond acceptors (Lipinski definition) is 3. The fourth-order valence-electron chi connectivity index (χ4n) is 2.43. The van der Waals surface area contributed by atoms with Gasteiger partial charge in [-0.3, -0.25) is 0 Å². The molecule has 2 aromatic carbocycles. The minimum atomic E-state index is -3.34. The molecule has 0 saturated carbocycles. The van der Waals surface area contributed by atoms with Crippen molar-refractivity contribution in [1.29, 1.82) is 0 Å². The first-order chi connectivity index (χ1) is 10.1. The summed E-state index contributed by atoms with van der Waals surface area (Å²) < 4.78 is 32.6. The lowest BCUT2D eigenvalue weighted by atomic mass is 10.1. The maximum absolute atomic E-state index is 12.2. The molecule has 5 heteroatoms. The monoisotopic (exact) mass is 303 g/mol. The number of sulfonamides is 1. The van der Waals surface area contributed by atoms with E-state index in [2.05, 4.69) is 4.72 Å². The van der Waals surface area contributed by atoms with E-state index in [1.165, 1.54) is 0 Å². The molecule has 2 aromatic rings. The normalized spacial score (nSPS) is 17.2. The second kappa shape index (κ2) is 5.87. The molecule has 3 rings (SSSR count). The first kappa shape index (κ1) is 14.1. The molecule has 1 unspecified atom stereocenters. The standard InChI is InChI=1S/C16H17NO3S/c18-21(19,11-10-13-6-2-1-3-7-13)17-15-12-20-16-9-5-4-8-14(15)16/h1-9,15,17H,10-12H2. The van der Waals surface area contributed by atoms with E-state index in [0.717, 1.165) is 16.9 Å². The highest BCUT2D eigenvalue weighted by atomic mass is 32.2. The van der Waals surface area contributed by atoms with Crippen molar-refractivity contribution in [2.24, 2.45) is 0 Å². The van der Waals surface area contributed by atoms with Gasteiger partial charge in [0.15, 0.2) is 0 Å². The van der Waals surface area contributed by atoms with Crippen molar-refractivity contribution in [2.45, 2.75) is 12.5 Å². The third-order valence-electron chi connectivity index (χ3n) is 3.52. The molecule has 1 aliphatic heterocycles. The topological polar surface area (TPSA) is 55.4 Å². The number of nitrogens with one attached hydrogen (secondary N) is 1. The summed E-state index contributed by atoms with van der Waals surface area (Å²) in [5.41, 5.74) is 1.92. The first-order valence-corrected chi connectivity index (χ1v) is 8.55. The molecule has 0 amide bonds. The Labute approximate surface area is 124 Å². The SMILES string of the molecule is O=S(=O)(CCc1ccccc1)NC1COc2ccccc21. The van der Waals surface area contributed by atoms with Gasteiger partial charge in [-0.1, -0.05) is 48.5 Å². The summed E-state index contributed by atoms with van der Waals surface area (Å²) in [6.45, 7) is 0.351. The minimum Gasteiger partial charge on any atom is -0.491 e. The number of rotatable bonds is 5. The number of benzene rings is 2. The Balaban J connectivity index is 1.65. The van der Waals surface area contributed by atoms with Crippen LogP contribution in [0.3, 0.4) is 0 Å². The van der Waals surface area contributed by atoms with Crippen molar-refractivity contribution in [1.82, 2.24) is 4.72 Å². The van der Waals surface area contributed by atoms with Crippen LogP contribution in [0.1, 0.15) is 17.2 Å². The minimum absolute atomic E-state index is 0.0790. The van der Waals surface area contributed by atoms with Crippen molar-refractivity contribution in [3.63, 3.8) is 0 Å². The fourth-order valence-corrected chi connectivity index (χ4v) is 3.68.